The minimum Gasteiger partial charge on any atom is -0.310 e. The molecule has 0 saturated carbocycles. The third kappa shape index (κ3) is 5.93. The Morgan fingerprint density at radius 1 is 0.421 bits per heavy atom. The van der Waals surface area contributed by atoms with Gasteiger partial charge in [0, 0.05) is 38.9 Å². The van der Waals surface area contributed by atoms with Gasteiger partial charge < -0.3 is 9.47 Å². The number of aromatic nitrogens is 1. The van der Waals surface area contributed by atoms with Crippen LogP contribution >= 0.6 is 0 Å². The summed E-state index contributed by atoms with van der Waals surface area (Å²) >= 11 is 0. The van der Waals surface area contributed by atoms with Gasteiger partial charge in [0.25, 0.3) is 0 Å². The second-order valence-corrected chi connectivity index (χ2v) is 22.2. The van der Waals surface area contributed by atoms with E-state index in [0.717, 1.165) is 17.1 Å². The molecule has 0 spiro atoms. The van der Waals surface area contributed by atoms with Gasteiger partial charge in [-0.3, -0.25) is 0 Å². The summed E-state index contributed by atoms with van der Waals surface area (Å²) in [4.78, 5) is 2.41. The van der Waals surface area contributed by atoms with Crippen molar-refractivity contribution in [3.05, 3.63) is 199 Å². The molecule has 0 bridgehead atoms. The van der Waals surface area contributed by atoms with E-state index < -0.39 is 8.07 Å². The van der Waals surface area contributed by atoms with E-state index in [1.165, 1.54) is 77.2 Å². The maximum absolute atomic E-state index is 2.42. The van der Waals surface area contributed by atoms with Gasteiger partial charge in [0.1, 0.15) is 0 Å². The molecule has 0 unspecified atom stereocenters. The SMILES string of the molecule is CC1(C)c2ccccc2-c2ccc(N(c3ccc(-c4ccc([Si](C)(C)C)cc4)cc3)c3ccc(-c4ccc5c(c4)c4ccccc4n5-c4ccccc4)cc3)cc21. The molecular formula is C54H46N2Si. The lowest BCUT2D eigenvalue weighted by molar-refractivity contribution is 0.660. The first-order chi connectivity index (χ1) is 27.6. The van der Waals surface area contributed by atoms with Crippen LogP contribution in [0.3, 0.4) is 0 Å². The van der Waals surface area contributed by atoms with Crippen molar-refractivity contribution < 1.29 is 0 Å². The predicted molar refractivity (Wildman–Crippen MR) is 247 cm³/mol. The van der Waals surface area contributed by atoms with E-state index in [4.69, 9.17) is 0 Å². The lowest BCUT2D eigenvalue weighted by atomic mass is 9.82. The number of benzene rings is 8. The number of hydrogen-bond acceptors (Lipinski definition) is 1. The quantitative estimate of drug-likeness (QED) is 0.147. The minimum absolute atomic E-state index is 0.0916. The fourth-order valence-corrected chi connectivity index (χ4v) is 10.2. The van der Waals surface area contributed by atoms with Crippen molar-refractivity contribution in [3.8, 4) is 39.1 Å². The molecule has 1 aromatic heterocycles. The average molecular weight is 751 g/mol. The third-order valence-corrected chi connectivity index (χ3v) is 14.2. The van der Waals surface area contributed by atoms with Crippen LogP contribution in [0.1, 0.15) is 25.0 Å². The number of anilines is 3. The lowest BCUT2D eigenvalue weighted by Gasteiger charge is -2.28. The smallest absolute Gasteiger partial charge is 0.0775 e. The van der Waals surface area contributed by atoms with Crippen molar-refractivity contribution in [1.29, 1.82) is 0 Å². The molecule has 0 amide bonds. The van der Waals surface area contributed by atoms with Gasteiger partial charge in [0.2, 0.25) is 0 Å². The summed E-state index contributed by atoms with van der Waals surface area (Å²) in [6, 6.07) is 69.7. The molecule has 2 nitrogen and oxygen atoms in total. The zero-order valence-corrected chi connectivity index (χ0v) is 34.3. The first kappa shape index (κ1) is 35.0. The summed E-state index contributed by atoms with van der Waals surface area (Å²) in [6.07, 6.45) is 0. The minimum atomic E-state index is -1.36. The Kier molecular flexibility index (Phi) is 8.21. The van der Waals surface area contributed by atoms with Gasteiger partial charge in [-0.2, -0.15) is 0 Å². The molecular weight excluding hydrogens is 705 g/mol. The Hall–Kier alpha value is -6.42. The van der Waals surface area contributed by atoms with Crippen molar-refractivity contribution in [2.75, 3.05) is 4.90 Å². The van der Waals surface area contributed by atoms with Crippen LogP contribution in [-0.2, 0) is 5.41 Å². The highest BCUT2D eigenvalue weighted by atomic mass is 28.3. The van der Waals surface area contributed by atoms with E-state index in [-0.39, 0.29) is 5.41 Å². The van der Waals surface area contributed by atoms with Crippen LogP contribution in [0.2, 0.25) is 19.6 Å². The maximum Gasteiger partial charge on any atom is 0.0775 e. The van der Waals surface area contributed by atoms with Crippen molar-refractivity contribution in [3.63, 3.8) is 0 Å². The number of nitrogens with zero attached hydrogens (tertiary/aromatic N) is 2. The van der Waals surface area contributed by atoms with Crippen LogP contribution in [0, 0.1) is 0 Å². The Morgan fingerprint density at radius 3 is 1.63 bits per heavy atom. The van der Waals surface area contributed by atoms with E-state index >= 15 is 0 Å². The van der Waals surface area contributed by atoms with E-state index in [1.807, 2.05) is 0 Å². The van der Waals surface area contributed by atoms with Crippen LogP contribution < -0.4 is 10.1 Å². The van der Waals surface area contributed by atoms with Crippen LogP contribution in [-0.4, -0.2) is 12.6 Å². The van der Waals surface area contributed by atoms with E-state index in [9.17, 15) is 0 Å². The fourth-order valence-electron chi connectivity index (χ4n) is 9.05. The molecule has 1 aliphatic rings. The molecule has 276 valence electrons. The number of fused-ring (bicyclic) bond motifs is 6. The zero-order chi connectivity index (χ0) is 38.9. The first-order valence-corrected chi connectivity index (χ1v) is 23.6. The van der Waals surface area contributed by atoms with Crippen molar-refractivity contribution in [1.82, 2.24) is 4.57 Å². The molecule has 57 heavy (non-hydrogen) atoms. The summed E-state index contributed by atoms with van der Waals surface area (Å²) in [5.41, 5.74) is 17.2. The molecule has 8 aromatic carbocycles. The van der Waals surface area contributed by atoms with Crippen molar-refractivity contribution in [2.24, 2.45) is 0 Å². The highest BCUT2D eigenvalue weighted by molar-refractivity contribution is 6.88. The first-order valence-electron chi connectivity index (χ1n) is 20.1. The Balaban J connectivity index is 1.05. The van der Waals surface area contributed by atoms with Gasteiger partial charge in [-0.1, -0.05) is 160 Å². The summed E-state index contributed by atoms with van der Waals surface area (Å²) in [7, 11) is -1.36. The summed E-state index contributed by atoms with van der Waals surface area (Å²) in [6.45, 7) is 11.9. The van der Waals surface area contributed by atoms with Crippen molar-refractivity contribution in [2.45, 2.75) is 38.9 Å². The van der Waals surface area contributed by atoms with Gasteiger partial charge in [0.05, 0.1) is 19.1 Å². The normalized spacial score (nSPS) is 13.1. The van der Waals surface area contributed by atoms with E-state index in [0.29, 0.717) is 0 Å². The Bertz CT molecular complexity index is 2930. The zero-order valence-electron chi connectivity index (χ0n) is 33.3. The maximum atomic E-state index is 2.42. The molecule has 0 atom stereocenters. The fraction of sp³-hybridized carbons (Fsp3) is 0.111. The second kappa shape index (κ2) is 13.4. The third-order valence-electron chi connectivity index (χ3n) is 12.2. The highest BCUT2D eigenvalue weighted by Crippen LogP contribution is 2.50. The standard InChI is InChI=1S/C54H46N2Si/c1-54(2)50-17-11-9-15-46(50)47-33-30-44(36-51(47)54)55(42-26-19-37(20-27-42)38-23-31-45(32-24-38)57(3,4)5)43-28-21-39(22-29-43)40-25-34-53-49(35-40)48-16-10-12-18-52(48)56(53)41-13-7-6-8-14-41/h6-36H,1-5H3. The molecule has 9 aromatic rings. The lowest BCUT2D eigenvalue weighted by Crippen LogP contribution is -2.37. The molecule has 1 aliphatic carbocycles. The Labute approximate surface area is 337 Å². The van der Waals surface area contributed by atoms with Crippen molar-refractivity contribution >= 4 is 52.1 Å². The van der Waals surface area contributed by atoms with Gasteiger partial charge >= 0.3 is 0 Å². The number of rotatable bonds is 7. The van der Waals surface area contributed by atoms with Crippen LogP contribution in [0.5, 0.6) is 0 Å². The number of para-hydroxylation sites is 2. The van der Waals surface area contributed by atoms with E-state index in [1.54, 1.807) is 0 Å². The summed E-state index contributed by atoms with van der Waals surface area (Å²) in [5.74, 6) is 0. The molecule has 0 fully saturated rings. The monoisotopic (exact) mass is 750 g/mol. The molecule has 10 rings (SSSR count). The van der Waals surface area contributed by atoms with Crippen LogP contribution in [0.4, 0.5) is 17.1 Å². The van der Waals surface area contributed by atoms with Gasteiger partial charge in [0.15, 0.2) is 0 Å². The van der Waals surface area contributed by atoms with Gasteiger partial charge in [-0.05, 0) is 111 Å². The van der Waals surface area contributed by atoms with Crippen LogP contribution in [0.25, 0.3) is 60.9 Å². The summed E-state index contributed by atoms with van der Waals surface area (Å²) in [5, 5.41) is 4.01. The van der Waals surface area contributed by atoms with Crippen LogP contribution in [0.15, 0.2) is 188 Å². The molecule has 1 heterocycles. The molecule has 0 radical (unpaired) electrons. The average Bonchev–Trinajstić information content (AvgIpc) is 3.69. The van der Waals surface area contributed by atoms with Gasteiger partial charge in [-0.25, -0.2) is 0 Å². The molecule has 0 aliphatic heterocycles. The Morgan fingerprint density at radius 2 is 0.947 bits per heavy atom. The molecule has 0 saturated heterocycles. The topological polar surface area (TPSA) is 8.17 Å². The summed E-state index contributed by atoms with van der Waals surface area (Å²) < 4.78 is 2.37. The largest absolute Gasteiger partial charge is 0.310 e. The predicted octanol–water partition coefficient (Wildman–Crippen LogP) is 14.4. The highest BCUT2D eigenvalue weighted by Gasteiger charge is 2.35. The molecule has 3 heteroatoms. The molecule has 0 N–H and O–H groups in total. The second-order valence-electron chi connectivity index (χ2n) is 17.1. The van der Waals surface area contributed by atoms with Gasteiger partial charge in [-0.15, -0.1) is 0 Å². The van der Waals surface area contributed by atoms with E-state index in [2.05, 4.69) is 231 Å². The number of hydrogen-bond donors (Lipinski definition) is 0.